The van der Waals surface area contributed by atoms with Gasteiger partial charge in [-0.25, -0.2) is 19.0 Å². The SMILES string of the molecule is NNC(=O)c1cc(S(=O)(=O)NC2CC2)c[nH]1. The summed E-state index contributed by atoms with van der Waals surface area (Å²) in [6.45, 7) is 0. The molecule has 1 aliphatic carbocycles. The van der Waals surface area contributed by atoms with E-state index < -0.39 is 15.9 Å². The molecule has 1 heterocycles. The number of aromatic amines is 1. The monoisotopic (exact) mass is 244 g/mol. The van der Waals surface area contributed by atoms with Gasteiger partial charge >= 0.3 is 0 Å². The number of H-pyrrole nitrogens is 1. The number of carbonyl (C=O) groups excluding carboxylic acids is 1. The Morgan fingerprint density at radius 2 is 2.19 bits per heavy atom. The number of hydrogen-bond donors (Lipinski definition) is 4. The van der Waals surface area contributed by atoms with Gasteiger partial charge in [-0.05, 0) is 18.9 Å². The van der Waals surface area contributed by atoms with Crippen LogP contribution in [0.1, 0.15) is 23.3 Å². The number of rotatable bonds is 4. The average molecular weight is 244 g/mol. The fourth-order valence-electron chi connectivity index (χ4n) is 1.23. The lowest BCUT2D eigenvalue weighted by Gasteiger charge is -2.01. The lowest BCUT2D eigenvalue weighted by Crippen LogP contribution is -2.30. The molecule has 1 aromatic heterocycles. The van der Waals surface area contributed by atoms with Crippen molar-refractivity contribution in [2.24, 2.45) is 5.84 Å². The second kappa shape index (κ2) is 3.89. The summed E-state index contributed by atoms with van der Waals surface area (Å²) in [6.07, 6.45) is 2.98. The summed E-state index contributed by atoms with van der Waals surface area (Å²) in [6, 6.07) is 1.28. The summed E-state index contributed by atoms with van der Waals surface area (Å²) in [7, 11) is -3.52. The molecule has 2 rings (SSSR count). The molecule has 1 aromatic rings. The minimum absolute atomic E-state index is 0.0340. The lowest BCUT2D eigenvalue weighted by molar-refractivity contribution is 0.0949. The van der Waals surface area contributed by atoms with Gasteiger partial charge in [-0.3, -0.25) is 10.2 Å². The Balaban J connectivity index is 2.20. The number of carbonyl (C=O) groups is 1. The van der Waals surface area contributed by atoms with Gasteiger partial charge in [0.05, 0.1) is 0 Å². The van der Waals surface area contributed by atoms with Crippen molar-refractivity contribution in [1.29, 1.82) is 0 Å². The molecule has 1 amide bonds. The Morgan fingerprint density at radius 1 is 1.50 bits per heavy atom. The van der Waals surface area contributed by atoms with E-state index in [1.807, 2.05) is 5.43 Å². The Kier molecular flexibility index (Phi) is 2.70. The van der Waals surface area contributed by atoms with Crippen LogP contribution in [-0.4, -0.2) is 25.4 Å². The molecule has 5 N–H and O–H groups in total. The largest absolute Gasteiger partial charge is 0.356 e. The molecular formula is C8H12N4O3S. The summed E-state index contributed by atoms with van der Waals surface area (Å²) in [5, 5.41) is 0. The van der Waals surface area contributed by atoms with Gasteiger partial charge in [-0.15, -0.1) is 0 Å². The number of hydrazine groups is 1. The van der Waals surface area contributed by atoms with Crippen LogP contribution >= 0.6 is 0 Å². The van der Waals surface area contributed by atoms with Gasteiger partial charge in [0, 0.05) is 12.2 Å². The Hall–Kier alpha value is -1.38. The molecule has 0 aromatic carbocycles. The highest BCUT2D eigenvalue weighted by atomic mass is 32.2. The fourth-order valence-corrected chi connectivity index (χ4v) is 2.52. The number of aromatic nitrogens is 1. The maximum Gasteiger partial charge on any atom is 0.281 e. The van der Waals surface area contributed by atoms with Gasteiger partial charge in [-0.2, -0.15) is 0 Å². The summed E-state index contributed by atoms with van der Waals surface area (Å²) >= 11 is 0. The Bertz CT molecular complexity index is 503. The smallest absolute Gasteiger partial charge is 0.281 e. The molecule has 0 atom stereocenters. The molecule has 8 heteroatoms. The Morgan fingerprint density at radius 3 is 2.75 bits per heavy atom. The van der Waals surface area contributed by atoms with E-state index in [0.29, 0.717) is 0 Å². The normalized spacial score (nSPS) is 16.1. The zero-order valence-corrected chi connectivity index (χ0v) is 9.17. The average Bonchev–Trinajstić information content (AvgIpc) is 2.88. The van der Waals surface area contributed by atoms with Crippen LogP contribution in [0.2, 0.25) is 0 Å². The number of nitrogens with two attached hydrogens (primary N) is 1. The summed E-state index contributed by atoms with van der Waals surface area (Å²) < 4.78 is 25.9. The molecule has 88 valence electrons. The molecule has 0 saturated heterocycles. The van der Waals surface area contributed by atoms with Crippen LogP contribution in [0.3, 0.4) is 0 Å². The summed E-state index contributed by atoms with van der Waals surface area (Å²) in [5.74, 6) is 4.37. The summed E-state index contributed by atoms with van der Waals surface area (Å²) in [4.78, 5) is 13.7. The quantitative estimate of drug-likeness (QED) is 0.310. The van der Waals surface area contributed by atoms with E-state index >= 15 is 0 Å². The third-order valence-electron chi connectivity index (χ3n) is 2.24. The minimum atomic E-state index is -3.52. The molecule has 0 radical (unpaired) electrons. The van der Waals surface area contributed by atoms with Crippen molar-refractivity contribution in [2.75, 3.05) is 0 Å². The number of amides is 1. The molecule has 0 unspecified atom stereocenters. The fraction of sp³-hybridized carbons (Fsp3) is 0.375. The highest BCUT2D eigenvalue weighted by molar-refractivity contribution is 7.89. The van der Waals surface area contributed by atoms with Gasteiger partial charge in [0.1, 0.15) is 10.6 Å². The molecule has 1 aliphatic rings. The molecule has 0 spiro atoms. The van der Waals surface area contributed by atoms with Crippen molar-refractivity contribution < 1.29 is 13.2 Å². The minimum Gasteiger partial charge on any atom is -0.356 e. The van der Waals surface area contributed by atoms with Crippen molar-refractivity contribution in [3.05, 3.63) is 18.0 Å². The van der Waals surface area contributed by atoms with E-state index in [2.05, 4.69) is 9.71 Å². The highest BCUT2D eigenvalue weighted by Crippen LogP contribution is 2.22. The zero-order chi connectivity index (χ0) is 11.8. The van der Waals surface area contributed by atoms with E-state index in [0.717, 1.165) is 12.8 Å². The standard InChI is InChI=1S/C8H12N4O3S/c9-11-8(13)7-3-6(4-10-7)16(14,15)12-5-1-2-5/h3-5,10,12H,1-2,9H2,(H,11,13). The predicted octanol–water partition coefficient (Wildman–Crippen LogP) is -0.941. The molecule has 16 heavy (non-hydrogen) atoms. The van der Waals surface area contributed by atoms with E-state index in [9.17, 15) is 13.2 Å². The maximum absolute atomic E-state index is 11.7. The zero-order valence-electron chi connectivity index (χ0n) is 8.36. The molecule has 0 bridgehead atoms. The number of hydrogen-bond acceptors (Lipinski definition) is 4. The van der Waals surface area contributed by atoms with Gasteiger partial charge in [0.15, 0.2) is 0 Å². The number of sulfonamides is 1. The third kappa shape index (κ3) is 2.23. The lowest BCUT2D eigenvalue weighted by atomic mass is 10.4. The van der Waals surface area contributed by atoms with Crippen molar-refractivity contribution >= 4 is 15.9 Å². The van der Waals surface area contributed by atoms with Gasteiger partial charge in [-0.1, -0.05) is 0 Å². The van der Waals surface area contributed by atoms with Crippen molar-refractivity contribution in [1.82, 2.24) is 15.1 Å². The topological polar surface area (TPSA) is 117 Å². The van der Waals surface area contributed by atoms with Crippen LogP contribution in [0.4, 0.5) is 0 Å². The van der Waals surface area contributed by atoms with Crippen LogP contribution in [0.5, 0.6) is 0 Å². The molecule has 7 nitrogen and oxygen atoms in total. The predicted molar refractivity (Wildman–Crippen MR) is 55.8 cm³/mol. The second-order valence-electron chi connectivity index (χ2n) is 3.62. The van der Waals surface area contributed by atoms with E-state index in [4.69, 9.17) is 5.84 Å². The van der Waals surface area contributed by atoms with E-state index in [1.54, 1.807) is 0 Å². The molecule has 1 fully saturated rings. The van der Waals surface area contributed by atoms with Crippen LogP contribution in [0, 0.1) is 0 Å². The first-order valence-electron chi connectivity index (χ1n) is 4.74. The third-order valence-corrected chi connectivity index (χ3v) is 3.74. The van der Waals surface area contributed by atoms with Crippen LogP contribution < -0.4 is 16.0 Å². The van der Waals surface area contributed by atoms with E-state index in [1.165, 1.54) is 12.3 Å². The first kappa shape index (κ1) is 11.1. The van der Waals surface area contributed by atoms with Crippen molar-refractivity contribution in [2.45, 2.75) is 23.8 Å². The van der Waals surface area contributed by atoms with Gasteiger partial charge in [0.25, 0.3) is 5.91 Å². The first-order valence-corrected chi connectivity index (χ1v) is 6.23. The van der Waals surface area contributed by atoms with Gasteiger partial charge < -0.3 is 4.98 Å². The summed E-state index contributed by atoms with van der Waals surface area (Å²) in [5.41, 5.74) is 2.02. The van der Waals surface area contributed by atoms with Crippen LogP contribution in [-0.2, 0) is 10.0 Å². The molecule has 1 saturated carbocycles. The number of nitrogens with one attached hydrogen (secondary N) is 3. The molecular weight excluding hydrogens is 232 g/mol. The second-order valence-corrected chi connectivity index (χ2v) is 5.33. The number of nitrogen functional groups attached to an aromatic ring is 1. The van der Waals surface area contributed by atoms with E-state index in [-0.39, 0.29) is 16.6 Å². The van der Waals surface area contributed by atoms with Crippen LogP contribution in [0.25, 0.3) is 0 Å². The van der Waals surface area contributed by atoms with Gasteiger partial charge in [0.2, 0.25) is 10.0 Å². The maximum atomic E-state index is 11.7. The Labute approximate surface area is 92.4 Å². The molecule has 0 aliphatic heterocycles. The van der Waals surface area contributed by atoms with Crippen LogP contribution in [0.15, 0.2) is 17.2 Å². The van der Waals surface area contributed by atoms with Crippen molar-refractivity contribution in [3.63, 3.8) is 0 Å². The highest BCUT2D eigenvalue weighted by Gasteiger charge is 2.28. The van der Waals surface area contributed by atoms with Crippen molar-refractivity contribution in [3.8, 4) is 0 Å². The first-order chi connectivity index (χ1) is 7.53.